The SMILES string of the molecule is CC1CCN(c2ccc([N+](=O)[O-])cc2C(=O)NCc2ccc(NC(=O)c3ccco3)cc2)CC1. The standard InChI is InChI=1S/C25H26N4O5/c1-17-10-12-28(13-11-17)22-9-8-20(29(32)33)15-21(22)24(30)26-16-18-4-6-19(7-5-18)27-25(31)23-3-2-14-34-23/h2-9,14-15,17H,10-13,16H2,1H3,(H,26,30)(H,27,31). The Balaban J connectivity index is 1.43. The van der Waals surface area contributed by atoms with Crippen molar-refractivity contribution in [2.24, 2.45) is 5.92 Å². The summed E-state index contributed by atoms with van der Waals surface area (Å²) in [6.07, 6.45) is 3.46. The number of carbonyl (C=O) groups excluding carboxylic acids is 2. The predicted molar refractivity (Wildman–Crippen MR) is 128 cm³/mol. The largest absolute Gasteiger partial charge is 0.459 e. The highest BCUT2D eigenvalue weighted by Crippen LogP contribution is 2.29. The van der Waals surface area contributed by atoms with Crippen molar-refractivity contribution in [3.05, 3.63) is 87.9 Å². The third-order valence-electron chi connectivity index (χ3n) is 5.97. The van der Waals surface area contributed by atoms with E-state index in [1.54, 1.807) is 42.5 Å². The van der Waals surface area contributed by atoms with Crippen LogP contribution >= 0.6 is 0 Å². The van der Waals surface area contributed by atoms with E-state index >= 15 is 0 Å². The maximum atomic E-state index is 13.0. The lowest BCUT2D eigenvalue weighted by Crippen LogP contribution is -2.35. The minimum Gasteiger partial charge on any atom is -0.459 e. The lowest BCUT2D eigenvalue weighted by atomic mass is 9.98. The first-order valence-electron chi connectivity index (χ1n) is 11.2. The van der Waals surface area contributed by atoms with Crippen LogP contribution in [0.3, 0.4) is 0 Å². The molecule has 1 saturated heterocycles. The Hall–Kier alpha value is -4.14. The number of nitro groups is 1. The molecule has 1 fully saturated rings. The zero-order valence-electron chi connectivity index (χ0n) is 18.8. The van der Waals surface area contributed by atoms with Gasteiger partial charge in [0.15, 0.2) is 5.76 Å². The Kier molecular flexibility index (Phi) is 6.91. The van der Waals surface area contributed by atoms with Crippen molar-refractivity contribution in [2.75, 3.05) is 23.3 Å². The van der Waals surface area contributed by atoms with Crippen molar-refractivity contribution < 1.29 is 18.9 Å². The maximum Gasteiger partial charge on any atom is 0.291 e. The summed E-state index contributed by atoms with van der Waals surface area (Å²) in [4.78, 5) is 38.0. The van der Waals surface area contributed by atoms with Gasteiger partial charge in [-0.1, -0.05) is 19.1 Å². The number of anilines is 2. The van der Waals surface area contributed by atoms with Crippen molar-refractivity contribution in [1.29, 1.82) is 0 Å². The van der Waals surface area contributed by atoms with E-state index in [1.807, 2.05) is 0 Å². The molecule has 2 N–H and O–H groups in total. The molecular weight excluding hydrogens is 436 g/mol. The van der Waals surface area contributed by atoms with Gasteiger partial charge in [-0.2, -0.15) is 0 Å². The lowest BCUT2D eigenvalue weighted by Gasteiger charge is -2.33. The fraction of sp³-hybridized carbons (Fsp3) is 0.280. The van der Waals surface area contributed by atoms with E-state index in [0.29, 0.717) is 22.9 Å². The molecule has 0 unspecified atom stereocenters. The number of hydrogen-bond acceptors (Lipinski definition) is 6. The number of piperidine rings is 1. The van der Waals surface area contributed by atoms with Gasteiger partial charge in [0.1, 0.15) is 0 Å². The van der Waals surface area contributed by atoms with Crippen LogP contribution in [0.1, 0.15) is 46.2 Å². The first-order valence-corrected chi connectivity index (χ1v) is 11.2. The monoisotopic (exact) mass is 462 g/mol. The number of nitrogens with zero attached hydrogens (tertiary/aromatic N) is 2. The highest BCUT2D eigenvalue weighted by Gasteiger charge is 2.23. The van der Waals surface area contributed by atoms with Crippen LogP contribution in [0.25, 0.3) is 0 Å². The molecule has 1 aliphatic rings. The third kappa shape index (κ3) is 5.43. The van der Waals surface area contributed by atoms with Crippen LogP contribution in [0.15, 0.2) is 65.3 Å². The van der Waals surface area contributed by atoms with Gasteiger partial charge < -0.3 is 20.0 Å². The Labute approximate surface area is 196 Å². The number of nitro benzene ring substituents is 1. The Bertz CT molecular complexity index is 1170. The average Bonchev–Trinajstić information content (AvgIpc) is 3.39. The smallest absolute Gasteiger partial charge is 0.291 e. The summed E-state index contributed by atoms with van der Waals surface area (Å²) >= 11 is 0. The van der Waals surface area contributed by atoms with Crippen molar-refractivity contribution in [1.82, 2.24) is 5.32 Å². The maximum absolute atomic E-state index is 13.0. The van der Waals surface area contributed by atoms with Crippen molar-refractivity contribution >= 4 is 28.9 Å². The average molecular weight is 463 g/mol. The molecule has 0 spiro atoms. The van der Waals surface area contributed by atoms with Gasteiger partial charge in [0.25, 0.3) is 17.5 Å². The summed E-state index contributed by atoms with van der Waals surface area (Å²) in [5.74, 6) is 0.120. The van der Waals surface area contributed by atoms with Gasteiger partial charge in [0.05, 0.1) is 22.4 Å². The second-order valence-electron chi connectivity index (χ2n) is 8.44. The first-order chi connectivity index (χ1) is 16.4. The van der Waals surface area contributed by atoms with Gasteiger partial charge >= 0.3 is 0 Å². The summed E-state index contributed by atoms with van der Waals surface area (Å²) in [5.41, 5.74) is 2.31. The molecule has 0 atom stereocenters. The molecule has 9 nitrogen and oxygen atoms in total. The molecule has 2 heterocycles. The van der Waals surface area contributed by atoms with Crippen LogP contribution in [-0.4, -0.2) is 29.8 Å². The van der Waals surface area contributed by atoms with Gasteiger partial charge in [0, 0.05) is 37.5 Å². The number of hydrogen-bond donors (Lipinski definition) is 2. The Morgan fingerprint density at radius 3 is 2.47 bits per heavy atom. The molecule has 9 heteroatoms. The number of benzene rings is 2. The van der Waals surface area contributed by atoms with E-state index < -0.39 is 4.92 Å². The molecule has 0 saturated carbocycles. The highest BCUT2D eigenvalue weighted by atomic mass is 16.6. The molecule has 1 aromatic heterocycles. The number of furan rings is 1. The topological polar surface area (TPSA) is 118 Å². The summed E-state index contributed by atoms with van der Waals surface area (Å²) < 4.78 is 5.07. The summed E-state index contributed by atoms with van der Waals surface area (Å²) in [6.45, 7) is 4.06. The Morgan fingerprint density at radius 1 is 1.09 bits per heavy atom. The fourth-order valence-corrected chi connectivity index (χ4v) is 3.93. The summed E-state index contributed by atoms with van der Waals surface area (Å²) in [5, 5.41) is 16.9. The van der Waals surface area contributed by atoms with Crippen LogP contribution < -0.4 is 15.5 Å². The zero-order chi connectivity index (χ0) is 24.1. The third-order valence-corrected chi connectivity index (χ3v) is 5.97. The van der Waals surface area contributed by atoms with Crippen LogP contribution in [0.4, 0.5) is 17.1 Å². The number of rotatable bonds is 7. The van der Waals surface area contributed by atoms with Gasteiger partial charge in [-0.3, -0.25) is 19.7 Å². The van der Waals surface area contributed by atoms with Crippen molar-refractivity contribution in [3.63, 3.8) is 0 Å². The predicted octanol–water partition coefficient (Wildman–Crippen LogP) is 4.61. The minimum absolute atomic E-state index is 0.115. The van der Waals surface area contributed by atoms with E-state index in [-0.39, 0.29) is 29.8 Å². The first kappa shape index (κ1) is 23.0. The molecule has 2 amide bonds. The molecule has 0 radical (unpaired) electrons. The summed E-state index contributed by atoms with van der Waals surface area (Å²) in [6, 6.07) is 14.7. The lowest BCUT2D eigenvalue weighted by molar-refractivity contribution is -0.384. The normalized spacial score (nSPS) is 14.0. The molecular formula is C25H26N4O5. The van der Waals surface area contributed by atoms with Crippen molar-refractivity contribution in [3.8, 4) is 0 Å². The van der Waals surface area contributed by atoms with Gasteiger partial charge in [-0.25, -0.2) is 0 Å². The fourth-order valence-electron chi connectivity index (χ4n) is 3.93. The van der Waals surface area contributed by atoms with E-state index in [9.17, 15) is 19.7 Å². The van der Waals surface area contributed by atoms with Crippen LogP contribution in [0.5, 0.6) is 0 Å². The van der Waals surface area contributed by atoms with Crippen molar-refractivity contribution in [2.45, 2.75) is 26.3 Å². The quantitative estimate of drug-likeness (QED) is 0.391. The van der Waals surface area contributed by atoms with Gasteiger partial charge in [0.2, 0.25) is 0 Å². The number of carbonyl (C=O) groups is 2. The van der Waals surface area contributed by atoms with Gasteiger partial charge in [-0.15, -0.1) is 0 Å². The number of amides is 2. The summed E-state index contributed by atoms with van der Waals surface area (Å²) in [7, 11) is 0. The molecule has 4 rings (SSSR count). The second kappa shape index (κ2) is 10.2. The van der Waals surface area contributed by atoms with Crippen LogP contribution in [0.2, 0.25) is 0 Å². The van der Waals surface area contributed by atoms with E-state index in [4.69, 9.17) is 4.42 Å². The van der Waals surface area contributed by atoms with Crippen LogP contribution in [-0.2, 0) is 6.54 Å². The van der Waals surface area contributed by atoms with E-state index in [1.165, 1.54) is 18.4 Å². The molecule has 0 aliphatic carbocycles. The highest BCUT2D eigenvalue weighted by molar-refractivity contribution is 6.02. The number of non-ortho nitro benzene ring substituents is 1. The number of nitrogens with one attached hydrogen (secondary N) is 2. The Morgan fingerprint density at radius 2 is 1.82 bits per heavy atom. The van der Waals surface area contributed by atoms with E-state index in [2.05, 4.69) is 22.5 Å². The second-order valence-corrected chi connectivity index (χ2v) is 8.44. The minimum atomic E-state index is -0.491. The molecule has 0 bridgehead atoms. The zero-order valence-corrected chi connectivity index (χ0v) is 18.8. The molecule has 34 heavy (non-hydrogen) atoms. The molecule has 2 aromatic carbocycles. The van der Waals surface area contributed by atoms with Crippen LogP contribution in [0, 0.1) is 16.0 Å². The van der Waals surface area contributed by atoms with Gasteiger partial charge in [-0.05, 0) is 54.7 Å². The van der Waals surface area contributed by atoms with E-state index in [0.717, 1.165) is 31.5 Å². The molecule has 176 valence electrons. The molecule has 3 aromatic rings. The molecule has 1 aliphatic heterocycles.